The second-order valence-electron chi connectivity index (χ2n) is 4.40. The lowest BCUT2D eigenvalue weighted by Crippen LogP contribution is -2.52. The van der Waals surface area contributed by atoms with Gasteiger partial charge in [-0.2, -0.15) is 0 Å². The molecule has 1 saturated carbocycles. The molecule has 0 unspecified atom stereocenters. The van der Waals surface area contributed by atoms with E-state index in [0.717, 1.165) is 0 Å². The molecule has 5 nitrogen and oxygen atoms in total. The first-order chi connectivity index (χ1) is 7.09. The zero-order valence-corrected chi connectivity index (χ0v) is 9.12. The van der Waals surface area contributed by atoms with Crippen molar-refractivity contribution in [2.45, 2.75) is 37.8 Å². The quantitative estimate of drug-likeness (QED) is 0.439. The molecule has 0 atom stereocenters. The smallest absolute Gasteiger partial charge is 0.221 e. The van der Waals surface area contributed by atoms with Crippen molar-refractivity contribution in [2.75, 3.05) is 19.8 Å². The molecule has 0 aromatic heterocycles. The molecule has 0 heterocycles. The molecule has 0 aromatic rings. The van der Waals surface area contributed by atoms with Crippen molar-refractivity contribution in [3.63, 3.8) is 0 Å². The topological polar surface area (TPSA) is 81.6 Å². The Morgan fingerprint density at radius 2 is 2.00 bits per heavy atom. The lowest BCUT2D eigenvalue weighted by Gasteiger charge is -2.26. The number of carbonyl (C=O) groups is 1. The van der Waals surface area contributed by atoms with Gasteiger partial charge in [-0.25, -0.2) is 0 Å². The first kappa shape index (κ1) is 12.4. The predicted octanol–water partition coefficient (Wildman–Crippen LogP) is -1.01. The zero-order valence-electron chi connectivity index (χ0n) is 9.12. The van der Waals surface area contributed by atoms with Gasteiger partial charge < -0.3 is 20.8 Å². The third-order valence-corrected chi connectivity index (χ3v) is 2.50. The van der Waals surface area contributed by atoms with Gasteiger partial charge in [-0.05, 0) is 19.8 Å². The van der Waals surface area contributed by atoms with Crippen LogP contribution in [-0.2, 0) is 4.79 Å². The van der Waals surface area contributed by atoms with Gasteiger partial charge in [0.15, 0.2) is 0 Å². The first-order valence-electron chi connectivity index (χ1n) is 5.36. The van der Waals surface area contributed by atoms with Crippen molar-refractivity contribution in [2.24, 2.45) is 0 Å². The van der Waals surface area contributed by atoms with Crippen molar-refractivity contribution in [1.29, 1.82) is 0 Å². The molecular formula is C10H20N2O3. The Kier molecular flexibility index (Phi) is 4.50. The molecule has 0 saturated heterocycles. The van der Waals surface area contributed by atoms with Crippen LogP contribution in [0.2, 0.25) is 0 Å². The molecule has 0 spiro atoms. The molecule has 4 N–H and O–H groups in total. The molecule has 5 heteroatoms. The molecule has 15 heavy (non-hydrogen) atoms. The highest BCUT2D eigenvalue weighted by Crippen LogP contribution is 2.18. The van der Waals surface area contributed by atoms with E-state index >= 15 is 0 Å². The SMILES string of the molecule is CC(CO)(CO)NC(=O)CCNC1CC1. The van der Waals surface area contributed by atoms with Crippen LogP contribution in [-0.4, -0.2) is 47.5 Å². The van der Waals surface area contributed by atoms with E-state index in [-0.39, 0.29) is 19.1 Å². The number of aliphatic hydroxyl groups is 2. The maximum Gasteiger partial charge on any atom is 0.221 e. The summed E-state index contributed by atoms with van der Waals surface area (Å²) in [7, 11) is 0. The summed E-state index contributed by atoms with van der Waals surface area (Å²) >= 11 is 0. The fraction of sp³-hybridized carbons (Fsp3) is 0.900. The van der Waals surface area contributed by atoms with Gasteiger partial charge >= 0.3 is 0 Å². The van der Waals surface area contributed by atoms with E-state index in [9.17, 15) is 4.79 Å². The molecular weight excluding hydrogens is 196 g/mol. The molecule has 0 radical (unpaired) electrons. The van der Waals surface area contributed by atoms with E-state index in [1.54, 1.807) is 6.92 Å². The maximum absolute atomic E-state index is 11.4. The minimum absolute atomic E-state index is 0.145. The summed E-state index contributed by atoms with van der Waals surface area (Å²) in [5.74, 6) is -0.145. The van der Waals surface area contributed by atoms with Gasteiger partial charge in [0.2, 0.25) is 5.91 Å². The number of hydrogen-bond donors (Lipinski definition) is 4. The maximum atomic E-state index is 11.4. The molecule has 1 aliphatic carbocycles. The van der Waals surface area contributed by atoms with Crippen molar-refractivity contribution >= 4 is 5.91 Å². The Morgan fingerprint density at radius 3 is 2.47 bits per heavy atom. The fourth-order valence-corrected chi connectivity index (χ4v) is 1.21. The van der Waals surface area contributed by atoms with Crippen LogP contribution in [0.25, 0.3) is 0 Å². The van der Waals surface area contributed by atoms with Gasteiger partial charge in [0, 0.05) is 19.0 Å². The Hall–Kier alpha value is -0.650. The molecule has 1 rings (SSSR count). The van der Waals surface area contributed by atoms with E-state index in [0.29, 0.717) is 19.0 Å². The summed E-state index contributed by atoms with van der Waals surface area (Å²) in [5, 5.41) is 23.8. The summed E-state index contributed by atoms with van der Waals surface area (Å²) in [6.07, 6.45) is 2.78. The van der Waals surface area contributed by atoms with Crippen LogP contribution in [0.5, 0.6) is 0 Å². The number of carbonyl (C=O) groups excluding carboxylic acids is 1. The molecule has 0 bridgehead atoms. The average molecular weight is 216 g/mol. The number of hydrogen-bond acceptors (Lipinski definition) is 4. The van der Waals surface area contributed by atoms with Gasteiger partial charge in [0.05, 0.1) is 18.8 Å². The van der Waals surface area contributed by atoms with Crippen LogP contribution in [0, 0.1) is 0 Å². The summed E-state index contributed by atoms with van der Waals surface area (Å²) in [5.41, 5.74) is -0.906. The van der Waals surface area contributed by atoms with Crippen molar-refractivity contribution in [3.8, 4) is 0 Å². The third kappa shape index (κ3) is 4.59. The highest BCUT2D eigenvalue weighted by atomic mass is 16.3. The molecule has 88 valence electrons. The van der Waals surface area contributed by atoms with Crippen LogP contribution in [0.4, 0.5) is 0 Å². The molecule has 1 aliphatic rings. The third-order valence-electron chi connectivity index (χ3n) is 2.50. The fourth-order valence-electron chi connectivity index (χ4n) is 1.21. The van der Waals surface area contributed by atoms with Crippen molar-refractivity contribution < 1.29 is 15.0 Å². The van der Waals surface area contributed by atoms with Gasteiger partial charge in [0.25, 0.3) is 0 Å². The highest BCUT2D eigenvalue weighted by molar-refractivity contribution is 5.77. The van der Waals surface area contributed by atoms with E-state index in [1.807, 2.05) is 0 Å². The van der Waals surface area contributed by atoms with E-state index in [2.05, 4.69) is 10.6 Å². The Bertz CT molecular complexity index is 213. The lowest BCUT2D eigenvalue weighted by molar-refractivity contribution is -0.124. The molecule has 1 amide bonds. The van der Waals surface area contributed by atoms with Gasteiger partial charge in [-0.15, -0.1) is 0 Å². The van der Waals surface area contributed by atoms with Crippen LogP contribution < -0.4 is 10.6 Å². The van der Waals surface area contributed by atoms with Crippen LogP contribution >= 0.6 is 0 Å². The predicted molar refractivity (Wildman–Crippen MR) is 56.4 cm³/mol. The standard InChI is InChI=1S/C10H20N2O3/c1-10(6-13,7-14)12-9(15)4-5-11-8-2-3-8/h8,11,13-14H,2-7H2,1H3,(H,12,15). The van der Waals surface area contributed by atoms with Crippen LogP contribution in [0.3, 0.4) is 0 Å². The second kappa shape index (κ2) is 5.44. The van der Waals surface area contributed by atoms with E-state index in [1.165, 1.54) is 12.8 Å². The lowest BCUT2D eigenvalue weighted by atomic mass is 10.1. The monoisotopic (exact) mass is 216 g/mol. The molecule has 1 fully saturated rings. The minimum Gasteiger partial charge on any atom is -0.394 e. The first-order valence-corrected chi connectivity index (χ1v) is 5.36. The van der Waals surface area contributed by atoms with Crippen molar-refractivity contribution in [1.82, 2.24) is 10.6 Å². The number of amides is 1. The summed E-state index contributed by atoms with van der Waals surface area (Å²) < 4.78 is 0. The van der Waals surface area contributed by atoms with Crippen LogP contribution in [0.1, 0.15) is 26.2 Å². The minimum atomic E-state index is -0.906. The highest BCUT2D eigenvalue weighted by Gasteiger charge is 2.25. The summed E-state index contributed by atoms with van der Waals surface area (Å²) in [6, 6.07) is 0.597. The van der Waals surface area contributed by atoms with Gasteiger partial charge in [0.1, 0.15) is 0 Å². The normalized spacial score (nSPS) is 16.5. The Morgan fingerprint density at radius 1 is 1.40 bits per heavy atom. The second-order valence-corrected chi connectivity index (χ2v) is 4.40. The summed E-state index contributed by atoms with van der Waals surface area (Å²) in [6.45, 7) is 1.75. The number of nitrogens with one attached hydrogen (secondary N) is 2. The van der Waals surface area contributed by atoms with E-state index in [4.69, 9.17) is 10.2 Å². The zero-order chi connectivity index (χ0) is 11.3. The Labute approximate surface area is 89.9 Å². The number of rotatable bonds is 7. The summed E-state index contributed by atoms with van der Waals surface area (Å²) in [4.78, 5) is 11.4. The van der Waals surface area contributed by atoms with Crippen molar-refractivity contribution in [3.05, 3.63) is 0 Å². The molecule has 0 aliphatic heterocycles. The van der Waals surface area contributed by atoms with Crippen LogP contribution in [0.15, 0.2) is 0 Å². The number of aliphatic hydroxyl groups excluding tert-OH is 2. The molecule has 0 aromatic carbocycles. The largest absolute Gasteiger partial charge is 0.394 e. The average Bonchev–Trinajstić information content (AvgIpc) is 3.01. The Balaban J connectivity index is 2.15. The van der Waals surface area contributed by atoms with E-state index < -0.39 is 5.54 Å². The van der Waals surface area contributed by atoms with Gasteiger partial charge in [-0.1, -0.05) is 0 Å². The van der Waals surface area contributed by atoms with Gasteiger partial charge in [-0.3, -0.25) is 4.79 Å².